The van der Waals surface area contributed by atoms with Crippen LogP contribution in [0.25, 0.3) is 10.8 Å². The Balaban J connectivity index is 1.04. The standard InChI is InChI=1S/C40H29Cl2N15O13S4/c41-35-48-37(52-39(49-35)46-22-12-14-29(73(65,66)67)27(18-22)47-40-51-36(42)50-38(53-40)45-21-6-4-8-24(17-21)71(59,60)61)44-20-5-3-7-23(16-20)54-57-33-30(74(68,69)70)15-19-11-13-26(32(43)31(19)34(33)58)56-55-25-9-1-2-10-28(25)72(62,63)64/h1-18,58H,43H2,(H,59,60,61)(H,62,63,64)(H,65,66,67)(H,68,69,70)(H2,44,46,48,49,52)(H2,45,47,50,51,53)/b56-55+,57-54+. The first-order valence-corrected chi connectivity index (χ1v) is 26.5. The van der Waals surface area contributed by atoms with Crippen LogP contribution >= 0.6 is 23.2 Å². The van der Waals surface area contributed by atoms with E-state index in [1.807, 2.05) is 0 Å². The van der Waals surface area contributed by atoms with Gasteiger partial charge in [0.15, 0.2) is 5.75 Å². The molecule has 2 aromatic heterocycles. The van der Waals surface area contributed by atoms with Gasteiger partial charge in [0.25, 0.3) is 40.5 Å². The Kier molecular flexibility index (Phi) is 14.4. The summed E-state index contributed by atoms with van der Waals surface area (Å²) >= 11 is 12.3. The van der Waals surface area contributed by atoms with Crippen LogP contribution in [0.3, 0.4) is 0 Å². The number of nitrogens with zero attached hydrogens (tertiary/aromatic N) is 10. The highest BCUT2D eigenvalue weighted by Gasteiger charge is 2.25. The smallest absolute Gasteiger partial charge is 0.296 e. The van der Waals surface area contributed by atoms with Gasteiger partial charge in [-0.2, -0.15) is 68.7 Å². The molecule has 0 saturated carbocycles. The molecule has 8 rings (SSSR count). The van der Waals surface area contributed by atoms with Crippen molar-refractivity contribution in [2.75, 3.05) is 27.0 Å². The fourth-order valence-corrected chi connectivity index (χ4v) is 9.31. The van der Waals surface area contributed by atoms with E-state index < -0.39 is 76.8 Å². The molecular formula is C40H29Cl2N15O13S4. The van der Waals surface area contributed by atoms with Crippen LogP contribution in [0.2, 0.25) is 10.6 Å². The Morgan fingerprint density at radius 1 is 0.473 bits per heavy atom. The second kappa shape index (κ2) is 20.4. The van der Waals surface area contributed by atoms with E-state index in [9.17, 15) is 57.0 Å². The Hall–Kier alpha value is -8.18. The largest absolute Gasteiger partial charge is 0.505 e. The molecule has 0 bridgehead atoms. The summed E-state index contributed by atoms with van der Waals surface area (Å²) in [6, 6.07) is 22.9. The molecule has 6 aromatic carbocycles. The lowest BCUT2D eigenvalue weighted by Crippen LogP contribution is -2.09. The highest BCUT2D eigenvalue weighted by atomic mass is 35.5. The normalized spacial score (nSPS) is 12.4. The maximum absolute atomic E-state index is 12.6. The average molecular weight is 1130 g/mol. The van der Waals surface area contributed by atoms with Crippen molar-refractivity contribution in [3.63, 3.8) is 0 Å². The Morgan fingerprint density at radius 3 is 1.61 bits per heavy atom. The number of anilines is 9. The number of nitrogens with two attached hydrogens (primary N) is 1. The molecule has 0 amide bonds. The molecule has 0 aliphatic heterocycles. The van der Waals surface area contributed by atoms with Gasteiger partial charge in [0.1, 0.15) is 31.7 Å². The highest BCUT2D eigenvalue weighted by molar-refractivity contribution is 7.86. The van der Waals surface area contributed by atoms with E-state index in [-0.39, 0.29) is 85.3 Å². The predicted octanol–water partition coefficient (Wildman–Crippen LogP) is 8.60. The van der Waals surface area contributed by atoms with Gasteiger partial charge in [0.05, 0.1) is 27.3 Å². The number of benzene rings is 6. The SMILES string of the molecule is Nc1c(/N=N/c2ccccc2S(=O)(=O)O)ccc2cc(S(=O)(=O)O)c(/N=N/c3cccc(Nc4nc(Cl)nc(Nc5ccc(S(=O)(=O)O)c(Nc6nc(Cl)nc(Nc7cccc(S(=O)(=O)O)c7)n6)c5)n4)c3)c(O)c12. The lowest BCUT2D eigenvalue weighted by atomic mass is 10.1. The molecule has 0 spiro atoms. The Morgan fingerprint density at radius 2 is 1.01 bits per heavy atom. The number of hydrogen-bond acceptors (Lipinski definition) is 24. The van der Waals surface area contributed by atoms with Gasteiger partial charge in [-0.1, -0.05) is 30.3 Å². The topological polar surface area (TPSA) is 439 Å². The van der Waals surface area contributed by atoms with Crippen molar-refractivity contribution in [2.45, 2.75) is 19.6 Å². The van der Waals surface area contributed by atoms with Crippen molar-refractivity contribution in [2.24, 2.45) is 20.5 Å². The number of phenolic OH excluding ortho intramolecular Hbond substituents is 1. The molecule has 74 heavy (non-hydrogen) atoms. The minimum atomic E-state index is -5.07. The van der Waals surface area contributed by atoms with Gasteiger partial charge in [0, 0.05) is 17.1 Å². The van der Waals surface area contributed by atoms with Crippen LogP contribution in [0.15, 0.2) is 149 Å². The van der Waals surface area contributed by atoms with Gasteiger partial charge in [-0.25, -0.2) is 0 Å². The fourth-order valence-electron chi connectivity index (χ4n) is 6.55. The van der Waals surface area contributed by atoms with E-state index in [1.54, 1.807) is 0 Å². The van der Waals surface area contributed by atoms with E-state index in [1.165, 1.54) is 78.9 Å². The van der Waals surface area contributed by atoms with E-state index >= 15 is 0 Å². The molecule has 0 fully saturated rings. The number of hydrogen-bond donors (Lipinski definition) is 10. The monoisotopic (exact) mass is 1130 g/mol. The van der Waals surface area contributed by atoms with Crippen molar-refractivity contribution in [3.8, 4) is 5.75 Å². The van der Waals surface area contributed by atoms with Crippen molar-refractivity contribution in [1.82, 2.24) is 29.9 Å². The van der Waals surface area contributed by atoms with Crippen molar-refractivity contribution >= 4 is 149 Å². The summed E-state index contributed by atoms with van der Waals surface area (Å²) in [5.74, 6) is -1.82. The first-order valence-electron chi connectivity index (χ1n) is 19.9. The number of aromatic nitrogens is 6. The Bertz CT molecular complexity index is 4130. The van der Waals surface area contributed by atoms with Crippen LogP contribution in [0.1, 0.15) is 0 Å². The van der Waals surface area contributed by atoms with Crippen LogP contribution in [-0.2, 0) is 40.5 Å². The molecule has 380 valence electrons. The van der Waals surface area contributed by atoms with Crippen LogP contribution in [0.4, 0.5) is 75.0 Å². The van der Waals surface area contributed by atoms with Crippen molar-refractivity contribution in [3.05, 3.63) is 120 Å². The summed E-state index contributed by atoms with van der Waals surface area (Å²) in [4.78, 5) is 21.8. The van der Waals surface area contributed by atoms with Crippen LogP contribution in [-0.4, -0.2) is 86.9 Å². The lowest BCUT2D eigenvalue weighted by molar-refractivity contribution is 0.472. The molecule has 0 aliphatic carbocycles. The van der Waals surface area contributed by atoms with Crippen LogP contribution < -0.4 is 27.0 Å². The molecule has 0 atom stereocenters. The number of nitrogens with one attached hydrogen (secondary N) is 4. The fraction of sp³-hybridized carbons (Fsp3) is 0. The predicted molar refractivity (Wildman–Crippen MR) is 266 cm³/mol. The van der Waals surface area contributed by atoms with Gasteiger partial charge in [-0.05, 0) is 107 Å². The van der Waals surface area contributed by atoms with Crippen LogP contribution in [0.5, 0.6) is 5.75 Å². The molecule has 28 nitrogen and oxygen atoms in total. The van der Waals surface area contributed by atoms with E-state index in [0.29, 0.717) is 0 Å². The summed E-state index contributed by atoms with van der Waals surface area (Å²) in [6.45, 7) is 0. The summed E-state index contributed by atoms with van der Waals surface area (Å²) < 4.78 is 136. The molecular weight excluding hydrogens is 1100 g/mol. The molecule has 0 radical (unpaired) electrons. The first-order chi connectivity index (χ1) is 34.8. The summed E-state index contributed by atoms with van der Waals surface area (Å²) in [5, 5.41) is 37.3. The number of halogens is 2. The van der Waals surface area contributed by atoms with Gasteiger partial charge < -0.3 is 32.1 Å². The second-order valence-electron chi connectivity index (χ2n) is 14.7. The minimum Gasteiger partial charge on any atom is -0.505 e. The van der Waals surface area contributed by atoms with E-state index in [0.717, 1.165) is 30.3 Å². The summed E-state index contributed by atoms with van der Waals surface area (Å²) in [5.41, 5.74) is 5.14. The third-order valence-corrected chi connectivity index (χ3v) is 13.5. The maximum atomic E-state index is 12.6. The van der Waals surface area contributed by atoms with E-state index in [4.69, 9.17) is 28.9 Å². The van der Waals surface area contributed by atoms with E-state index in [2.05, 4.69) is 71.6 Å². The van der Waals surface area contributed by atoms with Gasteiger partial charge in [-0.15, -0.1) is 15.3 Å². The zero-order valence-electron chi connectivity index (χ0n) is 36.3. The van der Waals surface area contributed by atoms with Crippen molar-refractivity contribution < 1.29 is 57.0 Å². The maximum Gasteiger partial charge on any atom is 0.296 e. The molecule has 11 N–H and O–H groups in total. The number of rotatable bonds is 16. The quantitative estimate of drug-likeness (QED) is 0.0246. The number of nitrogen functional groups attached to an aromatic ring is 1. The van der Waals surface area contributed by atoms with Gasteiger partial charge >= 0.3 is 0 Å². The number of phenols is 1. The Labute approximate surface area is 426 Å². The summed E-state index contributed by atoms with van der Waals surface area (Å²) in [6.07, 6.45) is 0. The lowest BCUT2D eigenvalue weighted by Gasteiger charge is -2.13. The highest BCUT2D eigenvalue weighted by Crippen LogP contribution is 2.46. The molecule has 34 heteroatoms. The molecule has 0 aliphatic rings. The molecule has 0 saturated heterocycles. The zero-order chi connectivity index (χ0) is 53.3. The second-order valence-corrected chi connectivity index (χ2v) is 21.0. The average Bonchev–Trinajstić information content (AvgIpc) is 3.29. The number of fused-ring (bicyclic) bond motifs is 1. The van der Waals surface area contributed by atoms with Crippen LogP contribution in [0, 0.1) is 0 Å². The molecule has 0 unspecified atom stereocenters. The third-order valence-electron chi connectivity index (χ3n) is 9.65. The number of aromatic hydroxyl groups is 1. The third kappa shape index (κ3) is 12.3. The minimum absolute atomic E-state index is 0.00708. The zero-order valence-corrected chi connectivity index (χ0v) is 41.1. The van der Waals surface area contributed by atoms with Gasteiger partial charge in [-0.3, -0.25) is 18.2 Å². The summed E-state index contributed by atoms with van der Waals surface area (Å²) in [7, 11) is -19.2. The van der Waals surface area contributed by atoms with Gasteiger partial charge in [0.2, 0.25) is 34.4 Å². The number of azo groups is 2. The first kappa shape index (κ1) is 52.2. The molecule has 2 heterocycles. The molecule has 8 aromatic rings. The van der Waals surface area contributed by atoms with Crippen molar-refractivity contribution in [1.29, 1.82) is 0 Å².